The van der Waals surface area contributed by atoms with E-state index < -0.39 is 18.3 Å². The number of rotatable bonds is 12. The molecule has 1 saturated heterocycles. The third-order valence-corrected chi connectivity index (χ3v) is 8.12. The number of hydrogen-bond acceptors (Lipinski definition) is 5. The summed E-state index contributed by atoms with van der Waals surface area (Å²) in [7, 11) is 0. The molecule has 1 fully saturated rings. The van der Waals surface area contributed by atoms with Crippen molar-refractivity contribution < 1.29 is 24.1 Å². The Morgan fingerprint density at radius 2 is 1.20 bits per heavy atom. The van der Waals surface area contributed by atoms with Crippen LogP contribution < -0.4 is 0 Å². The Balaban J connectivity index is 1.50. The molecule has 0 spiro atoms. The molecule has 3 aromatic carbocycles. The van der Waals surface area contributed by atoms with Crippen molar-refractivity contribution in [3.05, 3.63) is 108 Å². The van der Waals surface area contributed by atoms with Crippen molar-refractivity contribution >= 4 is 15.0 Å². The first-order valence-corrected chi connectivity index (χ1v) is 14.3. The van der Waals surface area contributed by atoms with Crippen LogP contribution >= 0.6 is 0 Å². The predicted octanol–water partition coefficient (Wildman–Crippen LogP) is 4.60. The predicted molar refractivity (Wildman–Crippen MR) is 137 cm³/mol. The quantitative estimate of drug-likeness (QED) is 0.340. The van der Waals surface area contributed by atoms with Crippen molar-refractivity contribution in [1.82, 2.24) is 0 Å². The van der Waals surface area contributed by atoms with Gasteiger partial charge >= 0.3 is 215 Å². The summed E-state index contributed by atoms with van der Waals surface area (Å²) in [5.74, 6) is 0. The summed E-state index contributed by atoms with van der Waals surface area (Å²) in [6, 6.07) is 30.2. The van der Waals surface area contributed by atoms with Crippen molar-refractivity contribution in [2.45, 2.75) is 61.5 Å². The van der Waals surface area contributed by atoms with Gasteiger partial charge in [-0.25, -0.2) is 0 Å². The molecule has 0 bridgehead atoms. The molecular formula is C29H34O5Se. The molecule has 1 N–H and O–H groups in total. The van der Waals surface area contributed by atoms with Crippen LogP contribution in [0.25, 0.3) is 0 Å². The van der Waals surface area contributed by atoms with Crippen LogP contribution in [-0.2, 0) is 38.8 Å². The van der Waals surface area contributed by atoms with Gasteiger partial charge in [0.15, 0.2) is 0 Å². The fourth-order valence-corrected chi connectivity index (χ4v) is 6.02. The maximum atomic E-state index is 11.3. The fraction of sp³-hybridized carbons (Fsp3) is 0.379. The third kappa shape index (κ3) is 7.73. The molecule has 3 aromatic rings. The monoisotopic (exact) mass is 542 g/mol. The Morgan fingerprint density at radius 3 is 1.71 bits per heavy atom. The van der Waals surface area contributed by atoms with Crippen LogP contribution in [0.2, 0.25) is 5.32 Å². The average Bonchev–Trinajstić information content (AvgIpc) is 2.90. The minimum atomic E-state index is -0.759. The van der Waals surface area contributed by atoms with Gasteiger partial charge in [0.2, 0.25) is 0 Å². The molecule has 0 aliphatic carbocycles. The molecule has 5 nitrogen and oxygen atoms in total. The minimum absolute atomic E-state index is 0.121. The van der Waals surface area contributed by atoms with Gasteiger partial charge in [0.25, 0.3) is 0 Å². The van der Waals surface area contributed by atoms with Crippen molar-refractivity contribution in [2.75, 3.05) is 6.61 Å². The number of hydrogen-bond donors (Lipinski definition) is 1. The van der Waals surface area contributed by atoms with Crippen LogP contribution in [0.5, 0.6) is 0 Å². The van der Waals surface area contributed by atoms with Crippen molar-refractivity contribution in [3.8, 4) is 0 Å². The van der Waals surface area contributed by atoms with Gasteiger partial charge in [0.05, 0.1) is 0 Å². The number of ether oxygens (including phenoxy) is 4. The number of aliphatic hydroxyl groups is 1. The third-order valence-electron chi connectivity index (χ3n) is 5.91. The van der Waals surface area contributed by atoms with Gasteiger partial charge in [0, 0.05) is 0 Å². The van der Waals surface area contributed by atoms with Gasteiger partial charge < -0.3 is 0 Å². The molecule has 0 unspecified atom stereocenters. The molecule has 35 heavy (non-hydrogen) atoms. The Bertz CT molecular complexity index is 972. The Hall–Kier alpha value is -2.02. The van der Waals surface area contributed by atoms with Gasteiger partial charge in [-0.1, -0.05) is 0 Å². The van der Waals surface area contributed by atoms with Crippen molar-refractivity contribution in [3.63, 3.8) is 0 Å². The van der Waals surface area contributed by atoms with Crippen LogP contribution in [0, 0.1) is 0 Å². The second kappa shape index (κ2) is 13.9. The maximum absolute atomic E-state index is 11.3. The number of benzene rings is 3. The van der Waals surface area contributed by atoms with E-state index in [1.807, 2.05) is 91.0 Å². The van der Waals surface area contributed by atoms with E-state index >= 15 is 0 Å². The van der Waals surface area contributed by atoms with E-state index in [0.717, 1.165) is 22.0 Å². The Kier molecular flexibility index (Phi) is 10.4. The zero-order valence-corrected chi connectivity index (χ0v) is 21.8. The summed E-state index contributed by atoms with van der Waals surface area (Å²) < 4.78 is 25.2. The summed E-state index contributed by atoms with van der Waals surface area (Å²) in [6.07, 6.45) is -2.08. The molecule has 0 radical (unpaired) electrons. The van der Waals surface area contributed by atoms with Crippen LogP contribution in [-0.4, -0.2) is 56.1 Å². The first-order valence-electron chi connectivity index (χ1n) is 12.1. The summed E-state index contributed by atoms with van der Waals surface area (Å²) >= 11 is 0.121. The number of aliphatic hydroxyl groups excluding tert-OH is 1. The van der Waals surface area contributed by atoms with E-state index in [0.29, 0.717) is 26.4 Å². The topological polar surface area (TPSA) is 57.2 Å². The molecule has 0 saturated carbocycles. The van der Waals surface area contributed by atoms with Crippen LogP contribution in [0.15, 0.2) is 91.0 Å². The standard InChI is InChI=1S/C29H34O5Se/c1-2-35-29-26(30)28(33-20-24-16-10-5-11-17-24)27(32-19-23-14-8-4-9-15-23)25(34-29)21-31-18-22-12-6-3-7-13-22/h3-17,25-30H,2,18-21H2,1H3/t25-,26-,27-,28-,29+/m1/s1. The molecule has 5 atom stereocenters. The van der Waals surface area contributed by atoms with E-state index in [4.69, 9.17) is 18.9 Å². The van der Waals surface area contributed by atoms with Gasteiger partial charge in [0.1, 0.15) is 0 Å². The van der Waals surface area contributed by atoms with E-state index in [1.165, 1.54) is 0 Å². The average molecular weight is 542 g/mol. The fourth-order valence-electron chi connectivity index (χ4n) is 4.12. The van der Waals surface area contributed by atoms with Gasteiger partial charge in [-0.3, -0.25) is 0 Å². The zero-order valence-electron chi connectivity index (χ0n) is 20.1. The van der Waals surface area contributed by atoms with Gasteiger partial charge in [-0.2, -0.15) is 0 Å². The normalized spacial score (nSPS) is 24.3. The molecule has 0 amide bonds. The molecule has 0 aromatic heterocycles. The van der Waals surface area contributed by atoms with Gasteiger partial charge in [-0.05, 0) is 0 Å². The van der Waals surface area contributed by atoms with Gasteiger partial charge in [-0.15, -0.1) is 0 Å². The SMILES string of the molecule is CC[Se][C@@H]1O[C@H](COCc2ccccc2)[C@@H](OCc2ccccc2)[C@H](OCc2ccccc2)[C@H]1O. The first kappa shape index (κ1) is 26.1. The summed E-state index contributed by atoms with van der Waals surface area (Å²) in [5, 5.41) is 12.0. The first-order chi connectivity index (χ1) is 17.2. The molecule has 1 aliphatic rings. The second-order valence-electron chi connectivity index (χ2n) is 8.51. The molecule has 4 rings (SSSR count). The Labute approximate surface area is 214 Å². The molecule has 6 heteroatoms. The van der Waals surface area contributed by atoms with E-state index in [2.05, 4.69) is 6.92 Å². The zero-order chi connectivity index (χ0) is 24.3. The molecule has 186 valence electrons. The van der Waals surface area contributed by atoms with E-state index in [9.17, 15) is 5.11 Å². The summed E-state index contributed by atoms with van der Waals surface area (Å²) in [5.41, 5.74) is 3.23. The summed E-state index contributed by atoms with van der Waals surface area (Å²) in [4.78, 5) is 0. The molecule has 1 aliphatic heterocycles. The van der Waals surface area contributed by atoms with Crippen molar-refractivity contribution in [2.24, 2.45) is 0 Å². The summed E-state index contributed by atoms with van der Waals surface area (Å²) in [6.45, 7) is 3.79. The van der Waals surface area contributed by atoms with E-state index in [-0.39, 0.29) is 26.1 Å². The van der Waals surface area contributed by atoms with Crippen LogP contribution in [0.1, 0.15) is 23.6 Å². The molecule has 1 heterocycles. The molecular weight excluding hydrogens is 507 g/mol. The van der Waals surface area contributed by atoms with Crippen LogP contribution in [0.4, 0.5) is 0 Å². The Morgan fingerprint density at radius 1 is 0.714 bits per heavy atom. The van der Waals surface area contributed by atoms with E-state index in [1.54, 1.807) is 0 Å². The second-order valence-corrected chi connectivity index (χ2v) is 11.4. The van der Waals surface area contributed by atoms with Crippen LogP contribution in [0.3, 0.4) is 0 Å². The van der Waals surface area contributed by atoms with Crippen molar-refractivity contribution in [1.29, 1.82) is 0 Å².